The van der Waals surface area contributed by atoms with E-state index in [4.69, 9.17) is 11.6 Å². The Hall–Kier alpha value is -2.07. The van der Waals surface area contributed by atoms with E-state index in [-0.39, 0.29) is 10.8 Å². The fourth-order valence-electron chi connectivity index (χ4n) is 3.55. The molecule has 6 nitrogen and oxygen atoms in total. The van der Waals surface area contributed by atoms with Gasteiger partial charge in [0.1, 0.15) is 15.7 Å². The fraction of sp³-hybridized carbons (Fsp3) is 0.412. The third-order valence-corrected chi connectivity index (χ3v) is 6.77. The van der Waals surface area contributed by atoms with Crippen molar-refractivity contribution in [3.8, 4) is 0 Å². The van der Waals surface area contributed by atoms with E-state index < -0.39 is 62.1 Å². The second-order valence-corrected chi connectivity index (χ2v) is 9.71. The zero-order valence-corrected chi connectivity index (χ0v) is 16.5. The molecule has 0 aromatic carbocycles. The Bertz CT molecular complexity index is 1050. The number of carbonyl (C=O) groups excluding carboxylic acids is 1. The first kappa shape index (κ1) is 20.7. The standard InChI is InChI=1S/C17H17ClF3N3O3S/c1-16(7-17(20,21)8-16)9-28(26,27)11-6-24(2)14(13(11)19)15(25)23-10-3-4-22-12(18)5-10/h3-6H,7-9H2,1-2H3,(H,22,23,25). The maximum Gasteiger partial charge on any atom is 0.275 e. The number of rotatable bonds is 5. The largest absolute Gasteiger partial charge is 0.343 e. The number of anilines is 1. The van der Waals surface area contributed by atoms with Crippen molar-refractivity contribution in [3.63, 3.8) is 0 Å². The number of pyridine rings is 1. The minimum atomic E-state index is -4.21. The summed E-state index contributed by atoms with van der Waals surface area (Å²) in [5.74, 6) is -5.64. The molecule has 152 valence electrons. The summed E-state index contributed by atoms with van der Waals surface area (Å²) in [6.07, 6.45) is 1.15. The molecule has 1 fully saturated rings. The van der Waals surface area contributed by atoms with Crippen LogP contribution in [0.15, 0.2) is 29.4 Å². The molecule has 3 rings (SSSR count). The SMILES string of the molecule is Cn1cc(S(=O)(=O)CC2(C)CC(F)(F)C2)c(F)c1C(=O)Nc1ccnc(Cl)c1. The maximum atomic E-state index is 14.8. The van der Waals surface area contributed by atoms with Crippen molar-refractivity contribution in [2.24, 2.45) is 12.5 Å². The molecule has 1 aliphatic rings. The number of carbonyl (C=O) groups is 1. The molecule has 0 radical (unpaired) electrons. The number of sulfone groups is 1. The van der Waals surface area contributed by atoms with E-state index in [9.17, 15) is 26.4 Å². The van der Waals surface area contributed by atoms with E-state index in [1.807, 2.05) is 0 Å². The van der Waals surface area contributed by atoms with Crippen LogP contribution in [0.1, 0.15) is 30.3 Å². The molecule has 1 aliphatic carbocycles. The summed E-state index contributed by atoms with van der Waals surface area (Å²) in [5.41, 5.74) is -1.39. The van der Waals surface area contributed by atoms with Gasteiger partial charge >= 0.3 is 0 Å². The van der Waals surface area contributed by atoms with Crippen molar-refractivity contribution in [1.82, 2.24) is 9.55 Å². The third kappa shape index (κ3) is 4.02. The van der Waals surface area contributed by atoms with Crippen molar-refractivity contribution in [2.45, 2.75) is 30.6 Å². The topological polar surface area (TPSA) is 81.1 Å². The second kappa shape index (κ2) is 6.77. The molecule has 0 spiro atoms. The molecule has 2 aromatic heterocycles. The highest BCUT2D eigenvalue weighted by Crippen LogP contribution is 2.52. The first-order valence-corrected chi connectivity index (χ1v) is 10.2. The van der Waals surface area contributed by atoms with Gasteiger partial charge in [-0.25, -0.2) is 26.6 Å². The summed E-state index contributed by atoms with van der Waals surface area (Å²) in [5, 5.41) is 2.52. The average Bonchev–Trinajstić information content (AvgIpc) is 2.80. The van der Waals surface area contributed by atoms with Crippen molar-refractivity contribution >= 4 is 33.0 Å². The van der Waals surface area contributed by atoms with Crippen LogP contribution in [0, 0.1) is 11.2 Å². The Morgan fingerprint density at radius 3 is 2.61 bits per heavy atom. The lowest BCUT2D eigenvalue weighted by Gasteiger charge is -2.44. The molecule has 0 atom stereocenters. The number of hydrogen-bond donors (Lipinski definition) is 1. The van der Waals surface area contributed by atoms with Gasteiger partial charge in [-0.3, -0.25) is 4.79 Å². The third-order valence-electron chi connectivity index (χ3n) is 4.53. The van der Waals surface area contributed by atoms with Crippen molar-refractivity contribution in [1.29, 1.82) is 0 Å². The Morgan fingerprint density at radius 2 is 2.04 bits per heavy atom. The van der Waals surface area contributed by atoms with Gasteiger partial charge in [-0.05, 0) is 17.5 Å². The molecule has 28 heavy (non-hydrogen) atoms. The highest BCUT2D eigenvalue weighted by molar-refractivity contribution is 7.91. The van der Waals surface area contributed by atoms with E-state index in [0.717, 1.165) is 10.8 Å². The van der Waals surface area contributed by atoms with E-state index >= 15 is 0 Å². The lowest BCUT2D eigenvalue weighted by molar-refractivity contribution is -0.144. The van der Waals surface area contributed by atoms with Crippen LogP contribution < -0.4 is 5.32 Å². The molecule has 2 heterocycles. The van der Waals surface area contributed by atoms with Gasteiger partial charge in [0, 0.05) is 38.0 Å². The fourth-order valence-corrected chi connectivity index (χ4v) is 5.69. The molecular weight excluding hydrogens is 419 g/mol. The van der Waals surface area contributed by atoms with Gasteiger partial charge in [0.05, 0.1) is 5.75 Å². The van der Waals surface area contributed by atoms with Crippen LogP contribution in [0.2, 0.25) is 5.15 Å². The van der Waals surface area contributed by atoms with Crippen LogP contribution in [0.5, 0.6) is 0 Å². The summed E-state index contributed by atoms with van der Waals surface area (Å²) in [7, 11) is -2.90. The average molecular weight is 436 g/mol. The van der Waals surface area contributed by atoms with E-state index in [1.54, 1.807) is 0 Å². The lowest BCUT2D eigenvalue weighted by atomic mass is 9.69. The summed E-state index contributed by atoms with van der Waals surface area (Å²) in [6.45, 7) is 1.42. The minimum absolute atomic E-state index is 0.110. The van der Waals surface area contributed by atoms with Gasteiger partial charge in [0.2, 0.25) is 5.92 Å². The number of amides is 1. The van der Waals surface area contributed by atoms with Gasteiger partial charge in [-0.2, -0.15) is 0 Å². The molecule has 0 aliphatic heterocycles. The number of aromatic nitrogens is 2. The van der Waals surface area contributed by atoms with Crippen LogP contribution in [-0.4, -0.2) is 35.6 Å². The summed E-state index contributed by atoms with van der Waals surface area (Å²) >= 11 is 5.73. The molecule has 1 amide bonds. The lowest BCUT2D eigenvalue weighted by Crippen LogP contribution is -2.47. The minimum Gasteiger partial charge on any atom is -0.343 e. The molecule has 0 bridgehead atoms. The van der Waals surface area contributed by atoms with Crippen LogP contribution in [0.4, 0.5) is 18.9 Å². The number of nitrogens with one attached hydrogen (secondary N) is 1. The Kier molecular flexibility index (Phi) is 4.99. The Labute approximate surface area is 164 Å². The molecule has 0 unspecified atom stereocenters. The zero-order chi connectivity index (χ0) is 20.9. The molecule has 1 N–H and O–H groups in total. The zero-order valence-electron chi connectivity index (χ0n) is 15.0. The van der Waals surface area contributed by atoms with Crippen molar-refractivity contribution in [3.05, 3.63) is 41.2 Å². The van der Waals surface area contributed by atoms with Crippen LogP contribution in [0.25, 0.3) is 0 Å². The van der Waals surface area contributed by atoms with Crippen LogP contribution >= 0.6 is 11.6 Å². The van der Waals surface area contributed by atoms with E-state index in [0.29, 0.717) is 0 Å². The summed E-state index contributed by atoms with van der Waals surface area (Å²) < 4.78 is 67.4. The molecule has 1 saturated carbocycles. The predicted molar refractivity (Wildman–Crippen MR) is 96.9 cm³/mol. The van der Waals surface area contributed by atoms with Gasteiger partial charge in [-0.15, -0.1) is 0 Å². The summed E-state index contributed by atoms with van der Waals surface area (Å²) in [6, 6.07) is 2.77. The predicted octanol–water partition coefficient (Wildman–Crippen LogP) is 3.67. The quantitative estimate of drug-likeness (QED) is 0.726. The smallest absolute Gasteiger partial charge is 0.275 e. The number of alkyl halides is 2. The number of halogens is 4. The first-order chi connectivity index (χ1) is 12.8. The molecular formula is C17H17ClF3N3O3S. The number of nitrogens with zero attached hydrogens (tertiary/aromatic N) is 2. The van der Waals surface area contributed by atoms with E-state index in [2.05, 4.69) is 10.3 Å². The normalized spacial score (nSPS) is 17.8. The first-order valence-electron chi connectivity index (χ1n) is 8.20. The molecule has 11 heteroatoms. The van der Waals surface area contributed by atoms with Gasteiger partial charge in [0.15, 0.2) is 15.7 Å². The highest BCUT2D eigenvalue weighted by Gasteiger charge is 2.55. The van der Waals surface area contributed by atoms with Crippen molar-refractivity contribution in [2.75, 3.05) is 11.1 Å². The van der Waals surface area contributed by atoms with E-state index in [1.165, 1.54) is 32.3 Å². The van der Waals surface area contributed by atoms with Crippen LogP contribution in [-0.2, 0) is 16.9 Å². The number of hydrogen-bond acceptors (Lipinski definition) is 4. The van der Waals surface area contributed by atoms with Crippen molar-refractivity contribution < 1.29 is 26.4 Å². The molecule has 0 saturated heterocycles. The maximum absolute atomic E-state index is 14.8. The molecule has 2 aromatic rings. The second-order valence-electron chi connectivity index (χ2n) is 7.37. The van der Waals surface area contributed by atoms with Crippen LogP contribution in [0.3, 0.4) is 0 Å². The van der Waals surface area contributed by atoms with Gasteiger partial charge < -0.3 is 9.88 Å². The highest BCUT2D eigenvalue weighted by atomic mass is 35.5. The Balaban J connectivity index is 1.86. The summed E-state index contributed by atoms with van der Waals surface area (Å²) in [4.78, 5) is 15.5. The van der Waals surface area contributed by atoms with Gasteiger partial charge in [-0.1, -0.05) is 18.5 Å². The Morgan fingerprint density at radius 1 is 1.39 bits per heavy atom. The van der Waals surface area contributed by atoms with Gasteiger partial charge in [0.25, 0.3) is 5.91 Å². The number of aryl methyl sites for hydroxylation is 1. The monoisotopic (exact) mass is 435 g/mol.